The summed E-state index contributed by atoms with van der Waals surface area (Å²) in [7, 11) is 0. The highest BCUT2D eigenvalue weighted by atomic mass is 35.5. The van der Waals surface area contributed by atoms with E-state index in [2.05, 4.69) is 20.8 Å². The lowest BCUT2D eigenvalue weighted by molar-refractivity contribution is -0.126. The summed E-state index contributed by atoms with van der Waals surface area (Å²) in [5.41, 5.74) is 7.03. The van der Waals surface area contributed by atoms with Crippen LogP contribution >= 0.6 is 11.6 Å². The van der Waals surface area contributed by atoms with Crippen LogP contribution < -0.4 is 16.4 Å². The van der Waals surface area contributed by atoms with Gasteiger partial charge < -0.3 is 26.2 Å². The van der Waals surface area contributed by atoms with Crippen molar-refractivity contribution in [3.05, 3.63) is 59.0 Å². The van der Waals surface area contributed by atoms with E-state index in [0.717, 1.165) is 5.56 Å². The third kappa shape index (κ3) is 6.39. The summed E-state index contributed by atoms with van der Waals surface area (Å²) in [4.78, 5) is 12.6. The first-order valence-corrected chi connectivity index (χ1v) is 10.3. The molecular formula is C22H31ClN6O3. The summed E-state index contributed by atoms with van der Waals surface area (Å²) in [5, 5.41) is 24.1. The summed E-state index contributed by atoms with van der Waals surface area (Å²) >= 11 is 6.28. The Hall–Kier alpha value is -2.72. The van der Waals surface area contributed by atoms with Gasteiger partial charge in [-0.3, -0.25) is 9.20 Å². The number of nitrogens with one attached hydrogen (secondary N) is 2. The molecule has 9 nitrogen and oxygen atoms in total. The molecule has 0 saturated heterocycles. The first-order valence-electron chi connectivity index (χ1n) is 9.90. The van der Waals surface area contributed by atoms with Crippen LogP contribution in [0.15, 0.2) is 42.6 Å². The van der Waals surface area contributed by atoms with Crippen LogP contribution in [0, 0.1) is 0 Å². The Balaban J connectivity index is 0.00000363. The number of rotatable bonds is 10. The Bertz CT molecular complexity index is 1020. The molecule has 5 N–H and O–H groups in total. The molecule has 0 saturated carbocycles. The number of ether oxygens (including phenoxy) is 1. The van der Waals surface area contributed by atoms with Gasteiger partial charge in [-0.25, -0.2) is 0 Å². The molecule has 2 aromatic heterocycles. The Morgan fingerprint density at radius 2 is 2.03 bits per heavy atom. The molecule has 174 valence electrons. The first kappa shape index (κ1) is 25.5. The largest absolute Gasteiger partial charge is 0.395 e. The molecule has 0 fully saturated rings. The Morgan fingerprint density at radius 3 is 2.69 bits per heavy atom. The maximum atomic E-state index is 12.6. The number of aliphatic hydroxyl groups is 1. The molecule has 3 aromatic rings. The highest BCUT2D eigenvalue weighted by molar-refractivity contribution is 6.30. The molecule has 0 aliphatic rings. The summed E-state index contributed by atoms with van der Waals surface area (Å²) in [5.74, 6) is 0.105. The second-order valence-corrected chi connectivity index (χ2v) is 8.16. The smallest absolute Gasteiger partial charge is 0.240 e. The van der Waals surface area contributed by atoms with Gasteiger partial charge >= 0.3 is 0 Å². The van der Waals surface area contributed by atoms with E-state index in [9.17, 15) is 4.79 Å². The Kier molecular flexibility index (Phi) is 8.97. The lowest BCUT2D eigenvalue weighted by Crippen LogP contribution is -2.50. The van der Waals surface area contributed by atoms with Crippen molar-refractivity contribution >= 4 is 28.8 Å². The normalized spacial score (nSPS) is 12.3. The van der Waals surface area contributed by atoms with E-state index >= 15 is 0 Å². The minimum atomic E-state index is -1.08. The monoisotopic (exact) mass is 462 g/mol. The average Bonchev–Trinajstić information content (AvgIpc) is 3.15. The molecule has 32 heavy (non-hydrogen) atoms. The van der Waals surface area contributed by atoms with Crippen molar-refractivity contribution in [1.82, 2.24) is 19.9 Å². The van der Waals surface area contributed by atoms with Gasteiger partial charge in [0, 0.05) is 12.7 Å². The number of hydrogen-bond donors (Lipinski definition) is 4. The fourth-order valence-corrected chi connectivity index (χ4v) is 3.14. The highest BCUT2D eigenvalue weighted by Gasteiger charge is 2.28. The quantitative estimate of drug-likeness (QED) is 0.364. The molecule has 0 bridgehead atoms. The van der Waals surface area contributed by atoms with Crippen LogP contribution in [0.25, 0.3) is 5.65 Å². The summed E-state index contributed by atoms with van der Waals surface area (Å²) in [6.45, 7) is 4.07. The topological polar surface area (TPSA) is 127 Å². The van der Waals surface area contributed by atoms with Crippen LogP contribution in [-0.4, -0.2) is 50.9 Å². The SMILES string of the molecule is C.CC(C)(N)C(=O)N[C@H](COCc1ccccc1)c1nnc2c(NCCO)cc(Cl)cn12. The molecule has 0 spiro atoms. The average molecular weight is 463 g/mol. The minimum Gasteiger partial charge on any atom is -0.395 e. The highest BCUT2D eigenvalue weighted by Crippen LogP contribution is 2.24. The molecule has 1 atom stereocenters. The molecule has 2 heterocycles. The number of halogens is 1. The number of amides is 1. The van der Waals surface area contributed by atoms with Crippen LogP contribution in [0.4, 0.5) is 5.69 Å². The van der Waals surface area contributed by atoms with Crippen molar-refractivity contribution in [3.63, 3.8) is 0 Å². The fraction of sp³-hybridized carbons (Fsp3) is 0.409. The number of fused-ring (bicyclic) bond motifs is 1. The molecule has 10 heteroatoms. The van der Waals surface area contributed by atoms with Crippen molar-refractivity contribution in [2.75, 3.05) is 25.1 Å². The fourth-order valence-electron chi connectivity index (χ4n) is 2.93. The summed E-state index contributed by atoms with van der Waals surface area (Å²) in [6.07, 6.45) is 1.67. The number of carbonyl (C=O) groups excluding carboxylic acids is 1. The second-order valence-electron chi connectivity index (χ2n) is 7.72. The zero-order chi connectivity index (χ0) is 22.4. The van der Waals surface area contributed by atoms with E-state index in [0.29, 0.717) is 35.3 Å². The third-order valence-corrected chi connectivity index (χ3v) is 4.73. The Labute approximate surface area is 192 Å². The van der Waals surface area contributed by atoms with Crippen LogP contribution in [0.2, 0.25) is 5.02 Å². The minimum absolute atomic E-state index is 0. The number of anilines is 1. The number of aliphatic hydroxyl groups excluding tert-OH is 1. The van der Waals surface area contributed by atoms with Crippen molar-refractivity contribution in [2.24, 2.45) is 5.73 Å². The molecule has 0 unspecified atom stereocenters. The molecular weight excluding hydrogens is 432 g/mol. The van der Waals surface area contributed by atoms with Crippen molar-refractivity contribution in [2.45, 2.75) is 39.5 Å². The molecule has 0 radical (unpaired) electrons. The lowest BCUT2D eigenvalue weighted by Gasteiger charge is -2.23. The molecule has 1 amide bonds. The number of pyridine rings is 1. The molecule has 3 rings (SSSR count). The van der Waals surface area contributed by atoms with Gasteiger partial charge in [-0.2, -0.15) is 0 Å². The van der Waals surface area contributed by atoms with Gasteiger partial charge in [0.25, 0.3) is 0 Å². The van der Waals surface area contributed by atoms with Crippen LogP contribution in [0.3, 0.4) is 0 Å². The first-order chi connectivity index (χ1) is 14.8. The van der Waals surface area contributed by atoms with Gasteiger partial charge in [-0.1, -0.05) is 49.4 Å². The maximum absolute atomic E-state index is 12.6. The van der Waals surface area contributed by atoms with Gasteiger partial charge in [0.15, 0.2) is 11.5 Å². The lowest BCUT2D eigenvalue weighted by atomic mass is 10.1. The summed E-state index contributed by atoms with van der Waals surface area (Å²) in [6, 6.07) is 10.8. The van der Waals surface area contributed by atoms with Gasteiger partial charge in [-0.05, 0) is 25.5 Å². The van der Waals surface area contributed by atoms with Gasteiger partial charge in [0.2, 0.25) is 5.91 Å². The molecule has 0 aliphatic heterocycles. The number of hydrogen-bond acceptors (Lipinski definition) is 7. The number of carbonyl (C=O) groups is 1. The molecule has 1 aromatic carbocycles. The third-order valence-electron chi connectivity index (χ3n) is 4.52. The number of nitrogens with zero attached hydrogens (tertiary/aromatic N) is 3. The van der Waals surface area contributed by atoms with Crippen molar-refractivity contribution in [1.29, 1.82) is 0 Å². The van der Waals surface area contributed by atoms with E-state index in [1.165, 1.54) is 0 Å². The van der Waals surface area contributed by atoms with Crippen LogP contribution in [0.1, 0.15) is 38.7 Å². The Morgan fingerprint density at radius 1 is 1.31 bits per heavy atom. The van der Waals surface area contributed by atoms with E-state index in [4.69, 9.17) is 27.2 Å². The standard InChI is InChI=1S/C21H27ClN6O3.CH4/c1-21(2,23)20(30)25-17(13-31-12-14-6-4-3-5-7-14)19-27-26-18-16(24-8-9-29)10-15(22)11-28(18)19;/h3-7,10-11,17,24,29H,8-9,12-13,23H2,1-2H3,(H,25,30);1H4/t17-;/m1./s1. The van der Waals surface area contributed by atoms with E-state index in [-0.39, 0.29) is 26.5 Å². The van der Waals surface area contributed by atoms with Gasteiger partial charge in [0.1, 0.15) is 6.04 Å². The zero-order valence-corrected chi connectivity index (χ0v) is 18.3. The van der Waals surface area contributed by atoms with E-state index in [1.807, 2.05) is 30.3 Å². The zero-order valence-electron chi connectivity index (χ0n) is 17.5. The number of aromatic nitrogens is 3. The van der Waals surface area contributed by atoms with Crippen molar-refractivity contribution in [3.8, 4) is 0 Å². The van der Waals surface area contributed by atoms with Crippen LogP contribution in [-0.2, 0) is 16.1 Å². The number of nitrogens with two attached hydrogens (primary N) is 1. The maximum Gasteiger partial charge on any atom is 0.240 e. The van der Waals surface area contributed by atoms with Gasteiger partial charge in [-0.15, -0.1) is 10.2 Å². The van der Waals surface area contributed by atoms with E-state index in [1.54, 1.807) is 30.5 Å². The number of benzene rings is 1. The predicted molar refractivity (Wildman–Crippen MR) is 126 cm³/mol. The van der Waals surface area contributed by atoms with Gasteiger partial charge in [0.05, 0.1) is 36.1 Å². The second kappa shape index (κ2) is 11.2. The van der Waals surface area contributed by atoms with Crippen molar-refractivity contribution < 1.29 is 14.6 Å². The predicted octanol–water partition coefficient (Wildman–Crippen LogP) is 2.53. The van der Waals surface area contributed by atoms with Crippen LogP contribution in [0.5, 0.6) is 0 Å². The van der Waals surface area contributed by atoms with E-state index < -0.39 is 11.6 Å². The summed E-state index contributed by atoms with van der Waals surface area (Å²) < 4.78 is 7.57. The molecule has 0 aliphatic carbocycles.